The highest BCUT2D eigenvalue weighted by Gasteiger charge is 2.20. The summed E-state index contributed by atoms with van der Waals surface area (Å²) < 4.78 is 7.26. The predicted molar refractivity (Wildman–Crippen MR) is 49.8 cm³/mol. The summed E-state index contributed by atoms with van der Waals surface area (Å²) >= 11 is 0. The fraction of sp³-hybridized carbons (Fsp3) is 0.444. The van der Waals surface area contributed by atoms with Crippen LogP contribution in [0, 0.1) is 0 Å². The van der Waals surface area contributed by atoms with Crippen molar-refractivity contribution in [3.05, 3.63) is 18.5 Å². The molecule has 0 bridgehead atoms. The van der Waals surface area contributed by atoms with Crippen molar-refractivity contribution in [3.8, 4) is 0 Å². The van der Waals surface area contributed by atoms with Gasteiger partial charge in [0.2, 0.25) is 0 Å². The molecule has 5 nitrogen and oxygen atoms in total. The van der Waals surface area contributed by atoms with Crippen LogP contribution in [-0.2, 0) is 4.74 Å². The summed E-state index contributed by atoms with van der Waals surface area (Å²) in [5, 5.41) is 8.18. The maximum Gasteiger partial charge on any atom is 0.131 e. The maximum absolute atomic E-state index is 5.33. The number of ether oxygens (including phenoxy) is 1. The van der Waals surface area contributed by atoms with Crippen LogP contribution in [0.5, 0.6) is 0 Å². The van der Waals surface area contributed by atoms with Crippen LogP contribution in [0.25, 0.3) is 11.0 Å². The highest BCUT2D eigenvalue weighted by atomic mass is 16.5. The Morgan fingerprint density at radius 3 is 3.36 bits per heavy atom. The van der Waals surface area contributed by atoms with Gasteiger partial charge in [0.15, 0.2) is 0 Å². The van der Waals surface area contributed by atoms with Crippen LogP contribution in [0.15, 0.2) is 18.5 Å². The molecule has 2 aromatic rings. The standard InChI is InChI=1S/C9H10N4O/c1-3-10-5-8-9(1)13(12-11-8)7-2-4-14-6-7/h1,3,5,7H,2,4,6H2. The SMILES string of the molecule is c1cc2c(cn1)nnn2C1CCOC1. The molecule has 3 heterocycles. The van der Waals surface area contributed by atoms with E-state index < -0.39 is 0 Å². The first kappa shape index (κ1) is 7.87. The van der Waals surface area contributed by atoms with Gasteiger partial charge in [0, 0.05) is 12.8 Å². The Kier molecular flexibility index (Phi) is 1.70. The largest absolute Gasteiger partial charge is 0.379 e. The Morgan fingerprint density at radius 1 is 1.50 bits per heavy atom. The van der Waals surface area contributed by atoms with Gasteiger partial charge in [0.05, 0.1) is 24.4 Å². The number of pyridine rings is 1. The van der Waals surface area contributed by atoms with E-state index in [1.165, 1.54) is 0 Å². The van der Waals surface area contributed by atoms with Crippen molar-refractivity contribution in [2.24, 2.45) is 0 Å². The van der Waals surface area contributed by atoms with Gasteiger partial charge in [-0.1, -0.05) is 5.21 Å². The van der Waals surface area contributed by atoms with Crippen molar-refractivity contribution in [1.29, 1.82) is 0 Å². The molecule has 14 heavy (non-hydrogen) atoms. The molecular formula is C9H10N4O. The Labute approximate surface area is 80.7 Å². The van der Waals surface area contributed by atoms with Crippen molar-refractivity contribution < 1.29 is 4.74 Å². The molecule has 1 atom stereocenters. The van der Waals surface area contributed by atoms with E-state index in [4.69, 9.17) is 4.74 Å². The average Bonchev–Trinajstić information content (AvgIpc) is 2.85. The lowest BCUT2D eigenvalue weighted by Gasteiger charge is -2.07. The zero-order valence-electron chi connectivity index (χ0n) is 7.63. The van der Waals surface area contributed by atoms with Crippen LogP contribution in [-0.4, -0.2) is 33.2 Å². The molecule has 1 aliphatic rings. The molecule has 1 aliphatic heterocycles. The van der Waals surface area contributed by atoms with E-state index in [9.17, 15) is 0 Å². The van der Waals surface area contributed by atoms with Gasteiger partial charge in [0.1, 0.15) is 5.52 Å². The normalized spacial score (nSPS) is 21.9. The summed E-state index contributed by atoms with van der Waals surface area (Å²) in [6, 6.07) is 2.27. The fourth-order valence-electron chi connectivity index (χ4n) is 1.78. The number of hydrogen-bond donors (Lipinski definition) is 0. The summed E-state index contributed by atoms with van der Waals surface area (Å²) in [5.74, 6) is 0. The molecule has 3 rings (SSSR count). The Morgan fingerprint density at radius 2 is 2.50 bits per heavy atom. The van der Waals surface area contributed by atoms with Crippen LogP contribution < -0.4 is 0 Å². The summed E-state index contributed by atoms with van der Waals surface area (Å²) in [6.45, 7) is 1.55. The van der Waals surface area contributed by atoms with Crippen LogP contribution >= 0.6 is 0 Å². The van der Waals surface area contributed by atoms with Gasteiger partial charge in [-0.25, -0.2) is 4.68 Å². The molecule has 0 aliphatic carbocycles. The first-order valence-electron chi connectivity index (χ1n) is 4.68. The van der Waals surface area contributed by atoms with Gasteiger partial charge in [-0.15, -0.1) is 5.10 Å². The zero-order valence-corrected chi connectivity index (χ0v) is 7.63. The molecule has 1 fully saturated rings. The van der Waals surface area contributed by atoms with Crippen molar-refractivity contribution in [2.75, 3.05) is 13.2 Å². The second-order valence-electron chi connectivity index (χ2n) is 3.42. The molecule has 0 spiro atoms. The molecule has 0 radical (unpaired) electrons. The lowest BCUT2D eigenvalue weighted by molar-refractivity contribution is 0.185. The number of rotatable bonds is 1. The first-order valence-corrected chi connectivity index (χ1v) is 4.68. The van der Waals surface area contributed by atoms with E-state index in [2.05, 4.69) is 15.3 Å². The monoisotopic (exact) mass is 190 g/mol. The molecule has 0 saturated carbocycles. The topological polar surface area (TPSA) is 52.8 Å². The zero-order chi connectivity index (χ0) is 9.38. The van der Waals surface area contributed by atoms with Gasteiger partial charge >= 0.3 is 0 Å². The minimum absolute atomic E-state index is 0.336. The van der Waals surface area contributed by atoms with E-state index in [-0.39, 0.29) is 0 Å². The highest BCUT2D eigenvalue weighted by Crippen LogP contribution is 2.21. The quantitative estimate of drug-likeness (QED) is 0.667. The van der Waals surface area contributed by atoms with Gasteiger partial charge in [-0.2, -0.15) is 0 Å². The minimum Gasteiger partial charge on any atom is -0.379 e. The lowest BCUT2D eigenvalue weighted by atomic mass is 10.2. The molecule has 5 heteroatoms. The Bertz CT molecular complexity index is 447. The number of aromatic nitrogens is 4. The van der Waals surface area contributed by atoms with Crippen molar-refractivity contribution in [3.63, 3.8) is 0 Å². The van der Waals surface area contributed by atoms with E-state index in [0.29, 0.717) is 6.04 Å². The first-order chi connectivity index (χ1) is 6.95. The molecule has 1 unspecified atom stereocenters. The summed E-state index contributed by atoms with van der Waals surface area (Å²) in [7, 11) is 0. The van der Waals surface area contributed by atoms with Crippen LogP contribution in [0.4, 0.5) is 0 Å². The molecule has 0 aromatic carbocycles. The third kappa shape index (κ3) is 1.09. The van der Waals surface area contributed by atoms with Crippen LogP contribution in [0.2, 0.25) is 0 Å². The number of fused-ring (bicyclic) bond motifs is 1. The van der Waals surface area contributed by atoms with Crippen molar-refractivity contribution in [2.45, 2.75) is 12.5 Å². The van der Waals surface area contributed by atoms with E-state index >= 15 is 0 Å². The third-order valence-electron chi connectivity index (χ3n) is 2.52. The van der Waals surface area contributed by atoms with Crippen LogP contribution in [0.1, 0.15) is 12.5 Å². The summed E-state index contributed by atoms with van der Waals surface area (Å²) in [4.78, 5) is 4.01. The second-order valence-corrected chi connectivity index (χ2v) is 3.42. The number of nitrogens with zero attached hydrogens (tertiary/aromatic N) is 4. The van der Waals surface area contributed by atoms with Crippen LogP contribution in [0.3, 0.4) is 0 Å². The summed E-state index contributed by atoms with van der Waals surface area (Å²) in [6.07, 6.45) is 4.51. The third-order valence-corrected chi connectivity index (χ3v) is 2.52. The van der Waals surface area contributed by atoms with E-state index in [1.54, 1.807) is 12.4 Å². The Balaban J connectivity index is 2.11. The highest BCUT2D eigenvalue weighted by molar-refractivity contribution is 5.72. The van der Waals surface area contributed by atoms with Gasteiger partial charge in [-0.3, -0.25) is 4.98 Å². The van der Waals surface area contributed by atoms with E-state index in [0.717, 1.165) is 30.7 Å². The fourth-order valence-corrected chi connectivity index (χ4v) is 1.78. The maximum atomic E-state index is 5.33. The molecular weight excluding hydrogens is 180 g/mol. The molecule has 0 N–H and O–H groups in total. The van der Waals surface area contributed by atoms with E-state index in [1.807, 2.05) is 10.7 Å². The van der Waals surface area contributed by atoms with Gasteiger partial charge < -0.3 is 4.74 Å². The van der Waals surface area contributed by atoms with Crippen molar-refractivity contribution >= 4 is 11.0 Å². The summed E-state index contributed by atoms with van der Waals surface area (Å²) in [5.41, 5.74) is 1.88. The average molecular weight is 190 g/mol. The second kappa shape index (κ2) is 3.02. The lowest BCUT2D eigenvalue weighted by Crippen LogP contribution is -2.10. The van der Waals surface area contributed by atoms with Crippen molar-refractivity contribution in [1.82, 2.24) is 20.0 Å². The molecule has 72 valence electrons. The number of hydrogen-bond acceptors (Lipinski definition) is 4. The van der Waals surface area contributed by atoms with Gasteiger partial charge in [-0.05, 0) is 12.5 Å². The molecule has 1 saturated heterocycles. The smallest absolute Gasteiger partial charge is 0.131 e. The predicted octanol–water partition coefficient (Wildman–Crippen LogP) is 0.788. The molecule has 0 amide bonds. The van der Waals surface area contributed by atoms with Gasteiger partial charge in [0.25, 0.3) is 0 Å². The molecule has 2 aromatic heterocycles. The minimum atomic E-state index is 0.336. The Hall–Kier alpha value is -1.49.